The Bertz CT molecular complexity index is 602. The molecule has 1 atom stereocenters. The lowest BCUT2D eigenvalue weighted by Gasteiger charge is -2.27. The monoisotopic (exact) mass is 319 g/mol. The third-order valence-corrected chi connectivity index (χ3v) is 4.14. The lowest BCUT2D eigenvalue weighted by Crippen LogP contribution is -2.26. The first kappa shape index (κ1) is 17.0. The molecule has 3 nitrogen and oxygen atoms in total. The molecule has 0 aliphatic rings. The molecule has 2 aromatic rings. The third kappa shape index (κ3) is 4.59. The van der Waals surface area contributed by atoms with Gasteiger partial charge in [0.25, 0.3) is 0 Å². The van der Waals surface area contributed by atoms with Crippen molar-refractivity contribution in [1.82, 2.24) is 9.88 Å². The van der Waals surface area contributed by atoms with Crippen LogP contribution in [0, 0.1) is 6.42 Å². The van der Waals surface area contributed by atoms with Gasteiger partial charge in [0.1, 0.15) is 0 Å². The van der Waals surface area contributed by atoms with Crippen LogP contribution in [0.15, 0.2) is 30.5 Å². The van der Waals surface area contributed by atoms with Gasteiger partial charge in [0.2, 0.25) is 0 Å². The average molecular weight is 320 g/mol. The second-order valence-electron chi connectivity index (χ2n) is 5.58. The van der Waals surface area contributed by atoms with Crippen LogP contribution in [-0.2, 0) is 0 Å². The van der Waals surface area contributed by atoms with Crippen molar-refractivity contribution in [2.45, 2.75) is 33.2 Å². The number of fused-ring (bicyclic) bond motifs is 1. The van der Waals surface area contributed by atoms with E-state index in [2.05, 4.69) is 42.4 Å². The maximum absolute atomic E-state index is 6.03. The molecule has 1 N–H and O–H groups in total. The van der Waals surface area contributed by atoms with E-state index in [4.69, 9.17) is 11.6 Å². The van der Waals surface area contributed by atoms with Gasteiger partial charge in [-0.1, -0.05) is 25.4 Å². The minimum atomic E-state index is 0. The maximum Gasteiger partial charge on any atom is 1.00 e. The standard InChI is InChI=1S/C18H25ClN3/c1-4-22(5-2)12-6-7-14(3)21-17-10-11-20-18-13-15(19)8-9-16(17)18/h6,8-11,13-14H,4-5,7,12H2,1-3H3,(H,20,21)/q-1/p+1/t14-/m0/s1. The van der Waals surface area contributed by atoms with Crippen molar-refractivity contribution in [3.8, 4) is 0 Å². The van der Waals surface area contributed by atoms with Crippen molar-refractivity contribution in [1.29, 1.82) is 0 Å². The molecular weight excluding hydrogens is 294 g/mol. The molecule has 0 aliphatic carbocycles. The van der Waals surface area contributed by atoms with Crippen molar-refractivity contribution < 1.29 is 1.43 Å². The van der Waals surface area contributed by atoms with E-state index in [0.29, 0.717) is 6.04 Å². The summed E-state index contributed by atoms with van der Waals surface area (Å²) in [5.74, 6) is 0. The highest BCUT2D eigenvalue weighted by Gasteiger charge is 2.04. The Balaban J connectivity index is 0.00000264. The summed E-state index contributed by atoms with van der Waals surface area (Å²) in [6.07, 6.45) is 5.21. The van der Waals surface area contributed by atoms with Crippen molar-refractivity contribution >= 4 is 28.2 Å². The van der Waals surface area contributed by atoms with Gasteiger partial charge in [-0.25, -0.2) is 0 Å². The van der Waals surface area contributed by atoms with Crippen molar-refractivity contribution in [3.05, 3.63) is 41.9 Å². The van der Waals surface area contributed by atoms with Crippen LogP contribution >= 0.6 is 11.6 Å². The molecule has 0 saturated heterocycles. The van der Waals surface area contributed by atoms with Crippen molar-refractivity contribution in [2.75, 3.05) is 25.0 Å². The Labute approximate surface area is 140 Å². The van der Waals surface area contributed by atoms with Crippen LogP contribution in [0.4, 0.5) is 5.69 Å². The summed E-state index contributed by atoms with van der Waals surface area (Å²) in [4.78, 5) is 6.79. The molecule has 0 bridgehead atoms. The number of hydrogen-bond donors (Lipinski definition) is 1. The lowest BCUT2D eigenvalue weighted by molar-refractivity contribution is 0.323. The summed E-state index contributed by atoms with van der Waals surface area (Å²) < 4.78 is 0. The van der Waals surface area contributed by atoms with Gasteiger partial charge < -0.3 is 16.6 Å². The summed E-state index contributed by atoms with van der Waals surface area (Å²) in [6.45, 7) is 9.86. The fraction of sp³-hybridized carbons (Fsp3) is 0.444. The Kier molecular flexibility index (Phi) is 6.47. The summed E-state index contributed by atoms with van der Waals surface area (Å²) in [5.41, 5.74) is 2.04. The van der Waals surface area contributed by atoms with Crippen molar-refractivity contribution in [2.24, 2.45) is 0 Å². The fourth-order valence-electron chi connectivity index (χ4n) is 2.56. The highest BCUT2D eigenvalue weighted by atomic mass is 35.5. The van der Waals surface area contributed by atoms with Crippen LogP contribution in [0.2, 0.25) is 5.02 Å². The maximum atomic E-state index is 6.03. The number of benzene rings is 1. The van der Waals surface area contributed by atoms with Gasteiger partial charge in [-0.3, -0.25) is 4.98 Å². The number of nitrogens with zero attached hydrogens (tertiary/aromatic N) is 2. The van der Waals surface area contributed by atoms with Crippen LogP contribution in [0.1, 0.15) is 28.6 Å². The van der Waals surface area contributed by atoms with E-state index in [-0.39, 0.29) is 1.43 Å². The molecule has 0 saturated carbocycles. The smallest absolute Gasteiger partial charge is 0.385 e. The molecule has 2 rings (SSSR count). The number of pyridine rings is 1. The van der Waals surface area contributed by atoms with Gasteiger partial charge in [-0.05, 0) is 50.3 Å². The minimum Gasteiger partial charge on any atom is -0.385 e. The zero-order valence-corrected chi connectivity index (χ0v) is 14.4. The Morgan fingerprint density at radius 1 is 1.32 bits per heavy atom. The van der Waals surface area contributed by atoms with E-state index in [1.54, 1.807) is 0 Å². The number of halogens is 1. The normalized spacial score (nSPS) is 12.8. The number of anilines is 1. The van der Waals surface area contributed by atoms with E-state index in [1.165, 1.54) is 0 Å². The molecule has 0 unspecified atom stereocenters. The van der Waals surface area contributed by atoms with E-state index >= 15 is 0 Å². The van der Waals surface area contributed by atoms with Gasteiger partial charge in [0.15, 0.2) is 0 Å². The Hall–Kier alpha value is -1.32. The molecule has 22 heavy (non-hydrogen) atoms. The van der Waals surface area contributed by atoms with Gasteiger partial charge in [0.05, 0.1) is 5.52 Å². The predicted molar refractivity (Wildman–Crippen MR) is 97.7 cm³/mol. The van der Waals surface area contributed by atoms with Crippen molar-refractivity contribution in [3.63, 3.8) is 0 Å². The van der Waals surface area contributed by atoms with E-state index < -0.39 is 0 Å². The molecule has 0 fully saturated rings. The number of rotatable bonds is 8. The molecule has 1 aromatic carbocycles. The highest BCUT2D eigenvalue weighted by molar-refractivity contribution is 6.31. The minimum absolute atomic E-state index is 0. The van der Waals surface area contributed by atoms with Gasteiger partial charge >= 0.3 is 1.43 Å². The molecular formula is C18H26ClN3. The number of hydrogen-bond acceptors (Lipinski definition) is 3. The quantitative estimate of drug-likeness (QED) is 0.712. The SMILES string of the molecule is CCN(CC)C[CH-]C[C@H](C)Nc1ccnc2cc(Cl)ccc12.[H+]. The van der Waals surface area contributed by atoms with E-state index in [0.717, 1.165) is 47.7 Å². The summed E-state index contributed by atoms with van der Waals surface area (Å²) in [6, 6.07) is 8.25. The van der Waals surface area contributed by atoms with Crippen LogP contribution < -0.4 is 5.32 Å². The summed E-state index contributed by atoms with van der Waals surface area (Å²) >= 11 is 6.03. The topological polar surface area (TPSA) is 28.2 Å². The Morgan fingerprint density at radius 2 is 2.09 bits per heavy atom. The second-order valence-corrected chi connectivity index (χ2v) is 6.01. The van der Waals surface area contributed by atoms with E-state index in [1.807, 2.05) is 30.5 Å². The summed E-state index contributed by atoms with van der Waals surface area (Å²) in [5, 5.41) is 5.41. The predicted octanol–water partition coefficient (Wildman–Crippen LogP) is 4.74. The number of aromatic nitrogens is 1. The second kappa shape index (κ2) is 8.35. The molecule has 120 valence electrons. The third-order valence-electron chi connectivity index (χ3n) is 3.91. The first-order valence-electron chi connectivity index (χ1n) is 7.98. The first-order valence-corrected chi connectivity index (χ1v) is 8.36. The molecule has 0 amide bonds. The zero-order chi connectivity index (χ0) is 15.9. The van der Waals surface area contributed by atoms with Crippen LogP contribution in [0.5, 0.6) is 0 Å². The number of nitrogens with one attached hydrogen (secondary N) is 1. The molecule has 1 aromatic heterocycles. The largest absolute Gasteiger partial charge is 1.00 e. The summed E-state index contributed by atoms with van der Waals surface area (Å²) in [7, 11) is 0. The molecule has 1 heterocycles. The fourth-order valence-corrected chi connectivity index (χ4v) is 2.73. The zero-order valence-electron chi connectivity index (χ0n) is 14.6. The highest BCUT2D eigenvalue weighted by Crippen LogP contribution is 2.25. The van der Waals surface area contributed by atoms with Crippen LogP contribution in [0.3, 0.4) is 0 Å². The van der Waals surface area contributed by atoms with Gasteiger partial charge in [0, 0.05) is 22.3 Å². The van der Waals surface area contributed by atoms with Gasteiger partial charge in [-0.2, -0.15) is 6.42 Å². The van der Waals surface area contributed by atoms with E-state index in [9.17, 15) is 0 Å². The van der Waals surface area contributed by atoms with Gasteiger partial charge in [-0.15, -0.1) is 6.54 Å². The lowest BCUT2D eigenvalue weighted by atomic mass is 10.1. The van der Waals surface area contributed by atoms with Crippen LogP contribution in [0.25, 0.3) is 10.9 Å². The molecule has 0 spiro atoms. The molecule has 0 radical (unpaired) electrons. The molecule has 0 aliphatic heterocycles. The van der Waals surface area contributed by atoms with Crippen LogP contribution in [-0.4, -0.2) is 35.6 Å². The first-order chi connectivity index (χ1) is 10.6. The molecule has 4 heteroatoms. The average Bonchev–Trinajstić information content (AvgIpc) is 2.51. The Morgan fingerprint density at radius 3 is 2.82 bits per heavy atom.